The van der Waals surface area contributed by atoms with Crippen molar-refractivity contribution in [2.75, 3.05) is 6.61 Å². The first-order valence-corrected chi connectivity index (χ1v) is 4.87. The normalized spacial score (nSPS) is 28.0. The molecule has 3 nitrogen and oxygen atoms in total. The Morgan fingerprint density at radius 2 is 2.27 bits per heavy atom. The maximum atomic E-state index is 11.4. The van der Waals surface area contributed by atoms with Gasteiger partial charge in [0.05, 0.1) is 6.07 Å². The minimum absolute atomic E-state index is 0.0461. The topological polar surface area (TPSA) is 61.1 Å². The Balaban J connectivity index is 2.84. The fraction of sp³-hybridized carbons (Fsp3) is 0.500. The van der Waals surface area contributed by atoms with Crippen molar-refractivity contribution in [2.24, 2.45) is 17.3 Å². The first-order valence-electron chi connectivity index (χ1n) is 4.87. The van der Waals surface area contributed by atoms with Crippen molar-refractivity contribution in [3.05, 3.63) is 24.3 Å². The van der Waals surface area contributed by atoms with E-state index >= 15 is 0 Å². The van der Waals surface area contributed by atoms with E-state index in [0.29, 0.717) is 5.57 Å². The van der Waals surface area contributed by atoms with E-state index in [2.05, 4.69) is 6.58 Å². The van der Waals surface area contributed by atoms with Crippen molar-refractivity contribution >= 4 is 5.78 Å². The lowest BCUT2D eigenvalue weighted by atomic mass is 10.1. The Morgan fingerprint density at radius 1 is 1.67 bits per heavy atom. The molecule has 15 heavy (non-hydrogen) atoms. The minimum Gasteiger partial charge on any atom is -0.389 e. The third-order valence-electron chi connectivity index (χ3n) is 3.12. The Hall–Kier alpha value is -1.40. The highest BCUT2D eigenvalue weighted by atomic mass is 16.3. The van der Waals surface area contributed by atoms with Crippen LogP contribution < -0.4 is 0 Å². The van der Waals surface area contributed by atoms with Crippen LogP contribution in [0.1, 0.15) is 13.8 Å². The number of rotatable bonds is 4. The summed E-state index contributed by atoms with van der Waals surface area (Å²) in [4.78, 5) is 11.4. The summed E-state index contributed by atoms with van der Waals surface area (Å²) in [6.07, 6.45) is 3.25. The number of ketones is 1. The zero-order valence-electron chi connectivity index (χ0n) is 9.03. The maximum Gasteiger partial charge on any atom is 0.162 e. The number of carbonyl (C=O) groups is 1. The van der Waals surface area contributed by atoms with E-state index in [-0.39, 0.29) is 23.0 Å². The second-order valence-corrected chi connectivity index (χ2v) is 4.39. The lowest BCUT2D eigenvalue weighted by molar-refractivity contribution is -0.123. The van der Waals surface area contributed by atoms with Crippen molar-refractivity contribution in [1.29, 1.82) is 5.26 Å². The zero-order valence-corrected chi connectivity index (χ0v) is 9.03. The molecule has 0 unspecified atom stereocenters. The third-order valence-corrected chi connectivity index (χ3v) is 3.12. The molecule has 0 amide bonds. The van der Waals surface area contributed by atoms with Crippen LogP contribution in [-0.4, -0.2) is 17.5 Å². The van der Waals surface area contributed by atoms with Gasteiger partial charge in [-0.15, -0.1) is 0 Å². The predicted octanol–water partition coefficient (Wildman–Crippen LogP) is 1.46. The standard InChI is InChI=1S/C12H15NO2/c1-4-8(6-13)5-9-11(10(15)7-14)12(9,2)3/h4-5,9,11,14H,1,7H2,2-3H3/t9-,11+/m1/s1. The van der Waals surface area contributed by atoms with Crippen LogP contribution in [0.15, 0.2) is 24.3 Å². The highest BCUT2D eigenvalue weighted by Crippen LogP contribution is 2.59. The Bertz CT molecular complexity index is 360. The summed E-state index contributed by atoms with van der Waals surface area (Å²) in [6.45, 7) is 7.03. The molecule has 0 bridgehead atoms. The lowest BCUT2D eigenvalue weighted by Crippen LogP contribution is -2.10. The number of hydrogen-bond acceptors (Lipinski definition) is 3. The van der Waals surface area contributed by atoms with Crippen molar-refractivity contribution in [3.8, 4) is 6.07 Å². The van der Waals surface area contributed by atoms with E-state index < -0.39 is 6.61 Å². The molecule has 3 heteroatoms. The summed E-state index contributed by atoms with van der Waals surface area (Å²) < 4.78 is 0. The molecule has 0 spiro atoms. The largest absolute Gasteiger partial charge is 0.389 e. The van der Waals surface area contributed by atoms with Gasteiger partial charge in [0.2, 0.25) is 0 Å². The second-order valence-electron chi connectivity index (χ2n) is 4.39. The van der Waals surface area contributed by atoms with Gasteiger partial charge in [-0.3, -0.25) is 4.79 Å². The number of hydrogen-bond donors (Lipinski definition) is 1. The van der Waals surface area contributed by atoms with E-state index in [4.69, 9.17) is 10.4 Å². The predicted molar refractivity (Wildman–Crippen MR) is 56.7 cm³/mol. The molecule has 1 rings (SSSR count). The van der Waals surface area contributed by atoms with Crippen molar-refractivity contribution < 1.29 is 9.90 Å². The van der Waals surface area contributed by atoms with Crippen LogP contribution >= 0.6 is 0 Å². The van der Waals surface area contributed by atoms with Crippen LogP contribution in [0.2, 0.25) is 0 Å². The summed E-state index contributed by atoms with van der Waals surface area (Å²) in [6, 6.07) is 2.01. The molecule has 0 heterocycles. The van der Waals surface area contributed by atoms with Gasteiger partial charge in [0, 0.05) is 11.5 Å². The van der Waals surface area contributed by atoms with Crippen LogP contribution in [0.25, 0.3) is 0 Å². The number of carbonyl (C=O) groups excluding carboxylic acids is 1. The van der Waals surface area contributed by atoms with E-state index in [1.54, 1.807) is 6.08 Å². The molecule has 1 aliphatic rings. The number of nitriles is 1. The zero-order chi connectivity index (χ0) is 11.6. The second kappa shape index (κ2) is 4.00. The minimum atomic E-state index is -0.422. The lowest BCUT2D eigenvalue weighted by Gasteiger charge is -1.98. The van der Waals surface area contributed by atoms with Gasteiger partial charge in [0.25, 0.3) is 0 Å². The van der Waals surface area contributed by atoms with Gasteiger partial charge in [-0.2, -0.15) is 5.26 Å². The fourth-order valence-corrected chi connectivity index (χ4v) is 2.05. The molecule has 1 saturated carbocycles. The van der Waals surface area contributed by atoms with E-state index in [0.717, 1.165) is 0 Å². The summed E-state index contributed by atoms with van der Waals surface area (Å²) in [5.74, 6) is -0.266. The van der Waals surface area contributed by atoms with Crippen molar-refractivity contribution in [1.82, 2.24) is 0 Å². The third kappa shape index (κ3) is 2.00. The summed E-state index contributed by atoms with van der Waals surface area (Å²) in [7, 11) is 0. The molecule has 2 atom stereocenters. The first-order chi connectivity index (χ1) is 6.98. The summed E-state index contributed by atoms with van der Waals surface area (Å²) in [5, 5.41) is 17.5. The average molecular weight is 205 g/mol. The Labute approximate surface area is 89.7 Å². The molecular weight excluding hydrogens is 190 g/mol. The molecule has 1 fully saturated rings. The highest BCUT2D eigenvalue weighted by molar-refractivity contribution is 5.86. The van der Waals surface area contributed by atoms with E-state index in [1.165, 1.54) is 6.08 Å². The number of allylic oxidation sites excluding steroid dienone is 3. The van der Waals surface area contributed by atoms with Crippen molar-refractivity contribution in [3.63, 3.8) is 0 Å². The van der Waals surface area contributed by atoms with Crippen molar-refractivity contribution in [2.45, 2.75) is 13.8 Å². The van der Waals surface area contributed by atoms with Gasteiger partial charge in [-0.05, 0) is 11.3 Å². The Kier molecular flexibility index (Phi) is 3.11. The molecular formula is C12H15NO2. The number of aliphatic hydroxyl groups is 1. The molecule has 1 aliphatic carbocycles. The van der Waals surface area contributed by atoms with Gasteiger partial charge in [0.15, 0.2) is 5.78 Å². The smallest absolute Gasteiger partial charge is 0.162 e. The van der Waals surface area contributed by atoms with E-state index in [1.807, 2.05) is 19.9 Å². The fourth-order valence-electron chi connectivity index (χ4n) is 2.05. The van der Waals surface area contributed by atoms with Gasteiger partial charge in [-0.25, -0.2) is 0 Å². The molecule has 0 aromatic carbocycles. The van der Waals surface area contributed by atoms with E-state index in [9.17, 15) is 4.79 Å². The quantitative estimate of drug-likeness (QED) is 0.558. The van der Waals surface area contributed by atoms with Gasteiger partial charge in [-0.1, -0.05) is 32.6 Å². The molecule has 1 N–H and O–H groups in total. The van der Waals surface area contributed by atoms with Crippen LogP contribution in [0.5, 0.6) is 0 Å². The average Bonchev–Trinajstić information content (AvgIpc) is 2.75. The maximum absolute atomic E-state index is 11.4. The first kappa shape index (κ1) is 11.7. The number of aliphatic hydroxyl groups excluding tert-OH is 1. The molecule has 0 aromatic heterocycles. The number of Topliss-reactive ketones (excluding diaryl/α,β-unsaturated/α-hetero) is 1. The monoisotopic (exact) mass is 205 g/mol. The Morgan fingerprint density at radius 3 is 2.67 bits per heavy atom. The number of nitrogens with zero attached hydrogens (tertiary/aromatic N) is 1. The molecule has 0 radical (unpaired) electrons. The van der Waals surface area contributed by atoms with Gasteiger partial charge in [0.1, 0.15) is 6.61 Å². The molecule has 0 aromatic rings. The molecule has 0 aliphatic heterocycles. The molecule has 0 saturated heterocycles. The van der Waals surface area contributed by atoms with Gasteiger partial charge < -0.3 is 5.11 Å². The molecule has 80 valence electrons. The summed E-state index contributed by atoms with van der Waals surface area (Å²) >= 11 is 0. The van der Waals surface area contributed by atoms with Crippen LogP contribution in [-0.2, 0) is 4.79 Å². The SMILES string of the molecule is C=CC(C#N)=C[C@@H]1[C@@H](C(=O)CO)C1(C)C. The van der Waals surface area contributed by atoms with Crippen LogP contribution in [0.3, 0.4) is 0 Å². The van der Waals surface area contributed by atoms with Crippen LogP contribution in [0, 0.1) is 28.6 Å². The highest BCUT2D eigenvalue weighted by Gasteiger charge is 2.59. The summed E-state index contributed by atoms with van der Waals surface area (Å²) in [5.41, 5.74) is 0.339. The van der Waals surface area contributed by atoms with Gasteiger partial charge >= 0.3 is 0 Å². The van der Waals surface area contributed by atoms with Crippen LogP contribution in [0.4, 0.5) is 0 Å².